The molecule has 9 heteroatoms. The number of aliphatic hydroxyl groups is 1. The summed E-state index contributed by atoms with van der Waals surface area (Å²) in [4.78, 5) is 11.1. The van der Waals surface area contributed by atoms with Crippen molar-refractivity contribution >= 4 is 21.9 Å². The number of hydrogen-bond acceptors (Lipinski definition) is 7. The highest BCUT2D eigenvalue weighted by Crippen LogP contribution is 2.30. The summed E-state index contributed by atoms with van der Waals surface area (Å²) >= 11 is 0. The van der Waals surface area contributed by atoms with E-state index in [0.717, 1.165) is 96.0 Å². The molecule has 4 N–H and O–H groups in total. The first-order chi connectivity index (χ1) is 18.9. The van der Waals surface area contributed by atoms with Gasteiger partial charge in [0.05, 0.1) is 21.9 Å². The maximum absolute atomic E-state index is 12.8. The first-order valence-corrected chi connectivity index (χ1v) is 15.8. The van der Waals surface area contributed by atoms with E-state index in [0.29, 0.717) is 23.4 Å². The van der Waals surface area contributed by atoms with Crippen LogP contribution in [0.25, 0.3) is 0 Å². The van der Waals surface area contributed by atoms with Gasteiger partial charge in [-0.1, -0.05) is 43.9 Å². The molecule has 0 heterocycles. The van der Waals surface area contributed by atoms with Crippen molar-refractivity contribution in [3.8, 4) is 5.75 Å². The van der Waals surface area contributed by atoms with Crippen molar-refractivity contribution in [2.75, 3.05) is 31.6 Å². The second-order valence-electron chi connectivity index (χ2n) is 10.3. The standard InChI is InChI=1S/C30H44N2O6S/c33-23-32-28-21-25(15-16-29(28)34)30(35)22-31-17-6-1-2-7-18-38-19-8-5-10-24-11-9-14-27(20-24)39(36,37)26-12-3-4-13-26/h9,11,14-16,20-21,23,26,30-31,34-35H,1-8,10,12-13,17-19,22H2,(H,32,33)/t30-/m0/s1. The topological polar surface area (TPSA) is 125 Å². The number of carbonyl (C=O) groups excluding carboxylic acids is 1. The lowest BCUT2D eigenvalue weighted by atomic mass is 10.1. The predicted molar refractivity (Wildman–Crippen MR) is 154 cm³/mol. The van der Waals surface area contributed by atoms with Gasteiger partial charge in [0, 0.05) is 19.8 Å². The molecule has 0 aromatic heterocycles. The van der Waals surface area contributed by atoms with Gasteiger partial charge in [-0.3, -0.25) is 4.79 Å². The summed E-state index contributed by atoms with van der Waals surface area (Å²) in [7, 11) is -3.20. The van der Waals surface area contributed by atoms with Crippen LogP contribution in [0.5, 0.6) is 5.75 Å². The minimum absolute atomic E-state index is 0.0373. The molecule has 2 aromatic rings. The number of sulfone groups is 1. The fourth-order valence-electron chi connectivity index (χ4n) is 5.01. The lowest BCUT2D eigenvalue weighted by Gasteiger charge is -2.14. The molecule has 3 rings (SSSR count). The van der Waals surface area contributed by atoms with E-state index in [1.54, 1.807) is 18.2 Å². The number of benzene rings is 2. The molecule has 0 unspecified atom stereocenters. The second-order valence-corrected chi connectivity index (χ2v) is 12.6. The van der Waals surface area contributed by atoms with E-state index < -0.39 is 15.9 Å². The predicted octanol–water partition coefficient (Wildman–Crippen LogP) is 4.90. The van der Waals surface area contributed by atoms with Gasteiger partial charge in [0.25, 0.3) is 0 Å². The van der Waals surface area contributed by atoms with Crippen LogP contribution in [0.2, 0.25) is 0 Å². The number of anilines is 1. The number of aryl methyl sites for hydroxylation is 1. The van der Waals surface area contributed by atoms with E-state index in [1.807, 2.05) is 18.2 Å². The third kappa shape index (κ3) is 10.2. The van der Waals surface area contributed by atoms with Crippen LogP contribution in [-0.2, 0) is 25.8 Å². The molecule has 2 aromatic carbocycles. The van der Waals surface area contributed by atoms with E-state index in [2.05, 4.69) is 10.6 Å². The van der Waals surface area contributed by atoms with E-state index in [1.165, 1.54) is 6.07 Å². The van der Waals surface area contributed by atoms with Gasteiger partial charge < -0.3 is 25.6 Å². The summed E-state index contributed by atoms with van der Waals surface area (Å²) in [5, 5.41) is 25.5. The number of amides is 1. The summed E-state index contributed by atoms with van der Waals surface area (Å²) in [6.07, 6.45) is 10.4. The Morgan fingerprint density at radius 2 is 1.72 bits per heavy atom. The average Bonchev–Trinajstić information content (AvgIpc) is 3.49. The Kier molecular flexibility index (Phi) is 13.2. The average molecular weight is 561 g/mol. The molecule has 1 saturated carbocycles. The zero-order valence-corrected chi connectivity index (χ0v) is 23.6. The molecule has 216 valence electrons. The molecule has 39 heavy (non-hydrogen) atoms. The summed E-state index contributed by atoms with van der Waals surface area (Å²) < 4.78 is 31.4. The Bertz CT molecular complexity index is 1120. The van der Waals surface area contributed by atoms with Crippen molar-refractivity contribution < 1.29 is 28.2 Å². The van der Waals surface area contributed by atoms with Crippen LogP contribution in [0, 0.1) is 0 Å². The molecule has 0 spiro atoms. The smallest absolute Gasteiger partial charge is 0.211 e. The Labute approximate surface area is 233 Å². The van der Waals surface area contributed by atoms with E-state index in [4.69, 9.17) is 4.74 Å². The number of aliphatic hydroxyl groups excluding tert-OH is 1. The SMILES string of the molecule is O=CNc1cc([C@@H](O)CNCCCCCCOCCCCc2cccc(S(=O)(=O)C3CCCC3)c2)ccc1O. The fraction of sp³-hybridized carbons (Fsp3) is 0.567. The zero-order chi connectivity index (χ0) is 27.9. The van der Waals surface area contributed by atoms with Crippen molar-refractivity contribution in [3.63, 3.8) is 0 Å². The molecule has 1 amide bonds. The van der Waals surface area contributed by atoms with Crippen LogP contribution in [-0.4, -0.2) is 56.6 Å². The molecule has 0 aliphatic heterocycles. The first kappa shape index (κ1) is 31.1. The van der Waals surface area contributed by atoms with Crippen LogP contribution in [0.3, 0.4) is 0 Å². The van der Waals surface area contributed by atoms with Crippen molar-refractivity contribution in [1.82, 2.24) is 5.32 Å². The van der Waals surface area contributed by atoms with Gasteiger partial charge in [-0.2, -0.15) is 0 Å². The number of ether oxygens (including phenoxy) is 1. The number of phenols is 1. The summed E-state index contributed by atoms with van der Waals surface area (Å²) in [6, 6.07) is 12.1. The number of aromatic hydroxyl groups is 1. The molecule has 1 aliphatic carbocycles. The second kappa shape index (κ2) is 16.6. The number of hydrogen-bond donors (Lipinski definition) is 4. The van der Waals surface area contributed by atoms with Crippen LogP contribution in [0.1, 0.15) is 81.4 Å². The Morgan fingerprint density at radius 1 is 0.974 bits per heavy atom. The van der Waals surface area contributed by atoms with Gasteiger partial charge in [-0.05, 0) is 86.9 Å². The van der Waals surface area contributed by atoms with Gasteiger partial charge in [-0.15, -0.1) is 0 Å². The lowest BCUT2D eigenvalue weighted by molar-refractivity contribution is -0.105. The summed E-state index contributed by atoms with van der Waals surface area (Å²) in [5.74, 6) is -0.0373. The largest absolute Gasteiger partial charge is 0.506 e. The van der Waals surface area contributed by atoms with Crippen LogP contribution in [0.15, 0.2) is 47.4 Å². The Hall–Kier alpha value is -2.46. The summed E-state index contributed by atoms with van der Waals surface area (Å²) in [6.45, 7) is 2.67. The van der Waals surface area contributed by atoms with Crippen LogP contribution < -0.4 is 10.6 Å². The number of phenolic OH excluding ortho intramolecular Hbond substituents is 1. The molecule has 1 atom stereocenters. The number of nitrogens with one attached hydrogen (secondary N) is 2. The van der Waals surface area contributed by atoms with Crippen LogP contribution in [0.4, 0.5) is 5.69 Å². The van der Waals surface area contributed by atoms with Gasteiger partial charge >= 0.3 is 0 Å². The monoisotopic (exact) mass is 560 g/mol. The van der Waals surface area contributed by atoms with E-state index >= 15 is 0 Å². The van der Waals surface area contributed by atoms with E-state index in [9.17, 15) is 23.4 Å². The highest BCUT2D eigenvalue weighted by Gasteiger charge is 2.30. The summed E-state index contributed by atoms with van der Waals surface area (Å²) in [5.41, 5.74) is 1.99. The van der Waals surface area contributed by atoms with Crippen molar-refractivity contribution in [2.45, 2.75) is 86.9 Å². The Balaban J connectivity index is 1.17. The van der Waals surface area contributed by atoms with E-state index in [-0.39, 0.29) is 16.7 Å². The third-order valence-electron chi connectivity index (χ3n) is 7.32. The maximum Gasteiger partial charge on any atom is 0.211 e. The normalized spacial score (nSPS) is 14.9. The molecule has 8 nitrogen and oxygen atoms in total. The fourth-order valence-corrected chi connectivity index (χ4v) is 6.93. The minimum Gasteiger partial charge on any atom is -0.506 e. The molecule has 0 saturated heterocycles. The minimum atomic E-state index is -3.20. The van der Waals surface area contributed by atoms with Crippen molar-refractivity contribution in [3.05, 3.63) is 53.6 Å². The number of rotatable bonds is 19. The highest BCUT2D eigenvalue weighted by molar-refractivity contribution is 7.92. The molecule has 0 bridgehead atoms. The maximum atomic E-state index is 12.8. The van der Waals surface area contributed by atoms with Crippen LogP contribution >= 0.6 is 0 Å². The molecule has 0 radical (unpaired) electrons. The molecule has 1 fully saturated rings. The van der Waals surface area contributed by atoms with Crippen molar-refractivity contribution in [1.29, 1.82) is 0 Å². The van der Waals surface area contributed by atoms with Gasteiger partial charge in [-0.25, -0.2) is 8.42 Å². The molecular weight excluding hydrogens is 516 g/mol. The lowest BCUT2D eigenvalue weighted by Crippen LogP contribution is -2.22. The zero-order valence-electron chi connectivity index (χ0n) is 22.8. The van der Waals surface area contributed by atoms with Gasteiger partial charge in [0.2, 0.25) is 6.41 Å². The van der Waals surface area contributed by atoms with Crippen molar-refractivity contribution in [2.24, 2.45) is 0 Å². The number of unbranched alkanes of at least 4 members (excludes halogenated alkanes) is 4. The molecule has 1 aliphatic rings. The van der Waals surface area contributed by atoms with Gasteiger partial charge in [0.1, 0.15) is 5.75 Å². The Morgan fingerprint density at radius 3 is 2.49 bits per heavy atom. The highest BCUT2D eigenvalue weighted by atomic mass is 32.2. The third-order valence-corrected chi connectivity index (χ3v) is 9.58. The van der Waals surface area contributed by atoms with Gasteiger partial charge in [0.15, 0.2) is 9.84 Å². The first-order valence-electron chi connectivity index (χ1n) is 14.2. The quantitative estimate of drug-likeness (QED) is 0.109. The molecular formula is C30H44N2O6S. The number of carbonyl (C=O) groups is 1.